The maximum Gasteiger partial charge on any atom is 0.511 e. The smallest absolute Gasteiger partial charge is 0.434 e. The lowest BCUT2D eigenvalue weighted by Gasteiger charge is -2.09. The van der Waals surface area contributed by atoms with E-state index in [0.29, 0.717) is 13.2 Å². The Morgan fingerprint density at radius 1 is 0.625 bits per heavy atom. The normalized spacial score (nSPS) is 20.8. The third-order valence-electron chi connectivity index (χ3n) is 2.08. The van der Waals surface area contributed by atoms with E-state index in [1.54, 1.807) is 0 Å². The fraction of sp³-hybridized carbons (Fsp3) is 0.800. The van der Waals surface area contributed by atoms with Crippen LogP contribution < -0.4 is 0 Å². The number of hydrogen-bond donors (Lipinski definition) is 0. The van der Waals surface area contributed by atoms with Crippen LogP contribution in [-0.4, -0.2) is 32.3 Å². The van der Waals surface area contributed by atoms with Gasteiger partial charge in [0.25, 0.3) is 0 Å². The van der Waals surface area contributed by atoms with E-state index in [1.165, 1.54) is 0 Å². The first-order valence-electron chi connectivity index (χ1n) is 5.38. The van der Waals surface area contributed by atoms with Crippen LogP contribution >= 0.6 is 0 Å². The van der Waals surface area contributed by atoms with Crippen LogP contribution in [0.15, 0.2) is 0 Å². The fourth-order valence-electron chi connectivity index (χ4n) is 1.25. The molecule has 0 saturated carbocycles. The third kappa shape index (κ3) is 6.10. The Kier molecular flexibility index (Phi) is 6.13. The van der Waals surface area contributed by atoms with Crippen molar-refractivity contribution < 1.29 is 28.5 Å². The summed E-state index contributed by atoms with van der Waals surface area (Å²) in [6.45, 7) is 0.199. The first-order valence-corrected chi connectivity index (χ1v) is 5.38. The average Bonchev–Trinajstić information content (AvgIpc) is 2.26. The molecule has 1 fully saturated rings. The second kappa shape index (κ2) is 7.78. The van der Waals surface area contributed by atoms with Gasteiger partial charge in [0.2, 0.25) is 6.79 Å². The minimum atomic E-state index is -0.829. The van der Waals surface area contributed by atoms with Crippen molar-refractivity contribution in [3.05, 3.63) is 0 Å². The zero-order chi connectivity index (χ0) is 11.6. The highest BCUT2D eigenvalue weighted by atomic mass is 16.8. The van der Waals surface area contributed by atoms with E-state index >= 15 is 0 Å². The van der Waals surface area contributed by atoms with E-state index in [4.69, 9.17) is 9.47 Å². The topological polar surface area (TPSA) is 71.1 Å². The summed E-state index contributed by atoms with van der Waals surface area (Å²) in [7, 11) is 0. The zero-order valence-corrected chi connectivity index (χ0v) is 9.11. The summed E-state index contributed by atoms with van der Waals surface area (Å²) < 4.78 is 18.4. The average molecular weight is 232 g/mol. The highest BCUT2D eigenvalue weighted by Gasteiger charge is 2.08. The van der Waals surface area contributed by atoms with Gasteiger partial charge in [-0.25, -0.2) is 9.59 Å². The molecule has 1 aliphatic heterocycles. The van der Waals surface area contributed by atoms with Crippen LogP contribution in [0.25, 0.3) is 0 Å². The largest absolute Gasteiger partial charge is 0.511 e. The molecule has 16 heavy (non-hydrogen) atoms. The number of rotatable bonds is 0. The lowest BCUT2D eigenvalue weighted by Crippen LogP contribution is -2.16. The van der Waals surface area contributed by atoms with Crippen molar-refractivity contribution in [3.63, 3.8) is 0 Å². The van der Waals surface area contributed by atoms with Gasteiger partial charge in [0.05, 0.1) is 13.2 Å². The van der Waals surface area contributed by atoms with Gasteiger partial charge in [0.1, 0.15) is 0 Å². The summed E-state index contributed by atoms with van der Waals surface area (Å²) >= 11 is 0. The SMILES string of the molecule is O=C1OCCCCCCCOC(=O)OCO1. The van der Waals surface area contributed by atoms with Crippen molar-refractivity contribution >= 4 is 12.3 Å². The van der Waals surface area contributed by atoms with Gasteiger partial charge in [0, 0.05) is 0 Å². The van der Waals surface area contributed by atoms with Gasteiger partial charge in [-0.05, 0) is 12.8 Å². The molecular formula is C10H16O6. The van der Waals surface area contributed by atoms with Crippen LogP contribution in [0.1, 0.15) is 32.1 Å². The van der Waals surface area contributed by atoms with Crippen molar-refractivity contribution in [1.82, 2.24) is 0 Å². The molecule has 0 atom stereocenters. The molecule has 0 unspecified atom stereocenters. The molecule has 6 heteroatoms. The van der Waals surface area contributed by atoms with E-state index in [-0.39, 0.29) is 0 Å². The predicted octanol–water partition coefficient (Wildman–Crippen LogP) is 2.21. The fourth-order valence-corrected chi connectivity index (χ4v) is 1.25. The Bertz CT molecular complexity index is 205. The van der Waals surface area contributed by atoms with Crippen molar-refractivity contribution in [2.24, 2.45) is 0 Å². The van der Waals surface area contributed by atoms with Gasteiger partial charge in [-0.3, -0.25) is 0 Å². The Balaban J connectivity index is 2.25. The Hall–Kier alpha value is -1.46. The van der Waals surface area contributed by atoms with Crippen LogP contribution in [0.5, 0.6) is 0 Å². The van der Waals surface area contributed by atoms with Gasteiger partial charge in [0.15, 0.2) is 0 Å². The highest BCUT2D eigenvalue weighted by molar-refractivity contribution is 5.61. The second-order valence-electron chi connectivity index (χ2n) is 3.37. The molecule has 0 aromatic carbocycles. The number of ether oxygens (including phenoxy) is 4. The molecule has 92 valence electrons. The minimum absolute atomic E-state index is 0.337. The lowest BCUT2D eigenvalue weighted by molar-refractivity contribution is -0.0392. The van der Waals surface area contributed by atoms with E-state index in [0.717, 1.165) is 32.1 Å². The van der Waals surface area contributed by atoms with E-state index in [1.807, 2.05) is 0 Å². The summed E-state index contributed by atoms with van der Waals surface area (Å²) in [5.74, 6) is 0. The molecule has 1 rings (SSSR count). The first-order chi connectivity index (χ1) is 7.79. The molecule has 0 spiro atoms. The van der Waals surface area contributed by atoms with Crippen molar-refractivity contribution in [2.45, 2.75) is 32.1 Å². The molecule has 0 aliphatic carbocycles. The number of carbonyl (C=O) groups is 2. The van der Waals surface area contributed by atoms with Gasteiger partial charge in [-0.15, -0.1) is 0 Å². The summed E-state index contributed by atoms with van der Waals surface area (Å²) in [5.41, 5.74) is 0. The van der Waals surface area contributed by atoms with Gasteiger partial charge < -0.3 is 18.9 Å². The summed E-state index contributed by atoms with van der Waals surface area (Å²) in [5, 5.41) is 0. The van der Waals surface area contributed by atoms with E-state index in [9.17, 15) is 9.59 Å². The Labute approximate surface area is 93.8 Å². The maximum atomic E-state index is 10.9. The molecule has 1 saturated heterocycles. The van der Waals surface area contributed by atoms with Crippen molar-refractivity contribution in [1.29, 1.82) is 0 Å². The number of hydrogen-bond acceptors (Lipinski definition) is 6. The summed E-state index contributed by atoms with van der Waals surface area (Å²) in [6.07, 6.45) is 2.97. The van der Waals surface area contributed by atoms with E-state index in [2.05, 4.69) is 9.47 Å². The Morgan fingerprint density at radius 2 is 1.06 bits per heavy atom. The van der Waals surface area contributed by atoms with Crippen LogP contribution in [0.2, 0.25) is 0 Å². The molecule has 1 heterocycles. The minimum Gasteiger partial charge on any atom is -0.434 e. The maximum absolute atomic E-state index is 10.9. The van der Waals surface area contributed by atoms with Crippen LogP contribution in [0, 0.1) is 0 Å². The van der Waals surface area contributed by atoms with Crippen LogP contribution in [0.4, 0.5) is 9.59 Å². The summed E-state index contributed by atoms with van der Waals surface area (Å²) in [4.78, 5) is 21.8. The van der Waals surface area contributed by atoms with Crippen LogP contribution in [0.3, 0.4) is 0 Å². The van der Waals surface area contributed by atoms with Crippen molar-refractivity contribution in [3.8, 4) is 0 Å². The lowest BCUT2D eigenvalue weighted by atomic mass is 10.1. The van der Waals surface area contributed by atoms with Crippen LogP contribution in [-0.2, 0) is 18.9 Å². The molecule has 0 aromatic rings. The quantitative estimate of drug-likeness (QED) is 0.596. The first kappa shape index (κ1) is 12.6. The molecule has 0 aromatic heterocycles. The third-order valence-corrected chi connectivity index (χ3v) is 2.08. The number of carbonyl (C=O) groups excluding carboxylic acids is 2. The molecule has 0 radical (unpaired) electrons. The molecule has 0 bridgehead atoms. The summed E-state index contributed by atoms with van der Waals surface area (Å²) in [6, 6.07) is 0. The van der Waals surface area contributed by atoms with Gasteiger partial charge in [-0.2, -0.15) is 0 Å². The zero-order valence-electron chi connectivity index (χ0n) is 9.11. The molecule has 1 aliphatic rings. The Morgan fingerprint density at radius 3 is 1.56 bits per heavy atom. The second-order valence-corrected chi connectivity index (χ2v) is 3.37. The monoisotopic (exact) mass is 232 g/mol. The van der Waals surface area contributed by atoms with Gasteiger partial charge in [-0.1, -0.05) is 19.3 Å². The molecule has 0 amide bonds. The molecule has 0 N–H and O–H groups in total. The van der Waals surface area contributed by atoms with Gasteiger partial charge >= 0.3 is 12.3 Å². The predicted molar refractivity (Wildman–Crippen MR) is 52.8 cm³/mol. The standard InChI is InChI=1S/C10H16O6/c11-9-13-6-4-2-1-3-5-7-14-10(12)16-8-15-9/h1-8H2. The highest BCUT2D eigenvalue weighted by Crippen LogP contribution is 2.05. The van der Waals surface area contributed by atoms with Crippen molar-refractivity contribution in [2.75, 3.05) is 20.0 Å². The molecular weight excluding hydrogens is 216 g/mol. The van der Waals surface area contributed by atoms with E-state index < -0.39 is 19.1 Å². The number of cyclic esters (lactones) is 4. The molecule has 6 nitrogen and oxygen atoms in total.